The monoisotopic (exact) mass is 362 g/mol. The van der Waals surface area contributed by atoms with Crippen molar-refractivity contribution in [2.45, 2.75) is 20.0 Å². The van der Waals surface area contributed by atoms with Crippen LogP contribution in [0.2, 0.25) is 0 Å². The van der Waals surface area contributed by atoms with Crippen LogP contribution in [-0.2, 0) is 15.7 Å². The molecule has 0 saturated carbocycles. The minimum atomic E-state index is -4.41. The van der Waals surface area contributed by atoms with Crippen LogP contribution in [0.3, 0.4) is 0 Å². The maximum atomic E-state index is 12.5. The lowest BCUT2D eigenvalue weighted by Crippen LogP contribution is -2.13. The van der Waals surface area contributed by atoms with Gasteiger partial charge in [0.05, 0.1) is 5.56 Å². The number of ether oxygens (including phenoxy) is 1. The van der Waals surface area contributed by atoms with Crippen LogP contribution >= 0.6 is 0 Å². The Morgan fingerprint density at radius 1 is 1.04 bits per heavy atom. The molecule has 3 nitrogen and oxygen atoms in total. The zero-order chi connectivity index (χ0) is 19.3. The van der Waals surface area contributed by atoms with Crippen LogP contribution in [0, 0.1) is 13.8 Å². The Kier molecular flexibility index (Phi) is 5.97. The largest absolute Gasteiger partial charge is 0.454 e. The highest BCUT2D eigenvalue weighted by atomic mass is 19.4. The standard InChI is InChI=1S/C20H17F3O3/c1-13-3-9-17(14(2)11-13)18(24)12-26-19(25)10-6-15-4-7-16(8-5-15)20(21,22)23/h3-11H,12H2,1-2H3/b10-6+. The normalized spacial score (nSPS) is 11.6. The van der Waals surface area contributed by atoms with Gasteiger partial charge in [0.1, 0.15) is 0 Å². The lowest BCUT2D eigenvalue weighted by Gasteiger charge is -2.06. The van der Waals surface area contributed by atoms with Crippen LogP contribution in [0.1, 0.15) is 32.6 Å². The van der Waals surface area contributed by atoms with E-state index in [1.165, 1.54) is 18.2 Å². The van der Waals surface area contributed by atoms with E-state index < -0.39 is 24.3 Å². The molecule has 0 aliphatic heterocycles. The maximum absolute atomic E-state index is 12.5. The summed E-state index contributed by atoms with van der Waals surface area (Å²) >= 11 is 0. The highest BCUT2D eigenvalue weighted by molar-refractivity contribution is 6.00. The third kappa shape index (κ3) is 5.31. The molecule has 6 heteroatoms. The molecule has 0 amide bonds. The molecule has 0 aliphatic carbocycles. The number of hydrogen-bond acceptors (Lipinski definition) is 3. The SMILES string of the molecule is Cc1ccc(C(=O)COC(=O)/C=C/c2ccc(C(F)(F)F)cc2)c(C)c1. The molecule has 0 unspecified atom stereocenters. The fourth-order valence-electron chi connectivity index (χ4n) is 2.34. The molecular weight excluding hydrogens is 345 g/mol. The Morgan fingerprint density at radius 2 is 1.69 bits per heavy atom. The summed E-state index contributed by atoms with van der Waals surface area (Å²) in [5, 5.41) is 0. The van der Waals surface area contributed by atoms with Crippen molar-refractivity contribution in [3.05, 3.63) is 76.4 Å². The Balaban J connectivity index is 1.92. The maximum Gasteiger partial charge on any atom is 0.416 e. The molecule has 0 fully saturated rings. The number of ketones is 1. The van der Waals surface area contributed by atoms with Gasteiger partial charge in [-0.05, 0) is 43.2 Å². The predicted molar refractivity (Wildman–Crippen MR) is 91.7 cm³/mol. The number of esters is 1. The molecule has 0 saturated heterocycles. The van der Waals surface area contributed by atoms with Crippen molar-refractivity contribution in [3.8, 4) is 0 Å². The number of alkyl halides is 3. The van der Waals surface area contributed by atoms with Crippen molar-refractivity contribution in [1.82, 2.24) is 0 Å². The van der Waals surface area contributed by atoms with Crippen molar-refractivity contribution in [2.75, 3.05) is 6.61 Å². The number of carbonyl (C=O) groups excluding carboxylic acids is 2. The van der Waals surface area contributed by atoms with Crippen molar-refractivity contribution in [2.24, 2.45) is 0 Å². The number of carbonyl (C=O) groups is 2. The van der Waals surface area contributed by atoms with E-state index in [4.69, 9.17) is 4.74 Å². The van der Waals surface area contributed by atoms with E-state index in [-0.39, 0.29) is 5.78 Å². The Bertz CT molecular complexity index is 834. The van der Waals surface area contributed by atoms with Gasteiger partial charge in [-0.3, -0.25) is 4.79 Å². The van der Waals surface area contributed by atoms with Gasteiger partial charge in [-0.25, -0.2) is 4.79 Å². The van der Waals surface area contributed by atoms with Gasteiger partial charge < -0.3 is 4.74 Å². The van der Waals surface area contributed by atoms with Crippen LogP contribution in [0.5, 0.6) is 0 Å². The van der Waals surface area contributed by atoms with Crippen LogP contribution < -0.4 is 0 Å². The van der Waals surface area contributed by atoms with E-state index in [1.54, 1.807) is 19.1 Å². The molecule has 2 aromatic carbocycles. The fourth-order valence-corrected chi connectivity index (χ4v) is 2.34. The van der Waals surface area contributed by atoms with E-state index >= 15 is 0 Å². The summed E-state index contributed by atoms with van der Waals surface area (Å²) in [6.45, 7) is 3.31. The summed E-state index contributed by atoms with van der Waals surface area (Å²) in [5.41, 5.74) is 1.95. The van der Waals surface area contributed by atoms with Gasteiger partial charge in [-0.1, -0.05) is 35.9 Å². The zero-order valence-corrected chi connectivity index (χ0v) is 14.3. The molecule has 0 aliphatic rings. The molecule has 2 aromatic rings. The number of aryl methyl sites for hydroxylation is 2. The second-order valence-electron chi connectivity index (χ2n) is 5.80. The first kappa shape index (κ1) is 19.4. The van der Waals surface area contributed by atoms with Gasteiger partial charge in [0, 0.05) is 11.6 Å². The zero-order valence-electron chi connectivity index (χ0n) is 14.3. The molecule has 2 rings (SSSR count). The smallest absolute Gasteiger partial charge is 0.416 e. The summed E-state index contributed by atoms with van der Waals surface area (Å²) in [7, 11) is 0. The molecule has 0 N–H and O–H groups in total. The van der Waals surface area contributed by atoms with Crippen molar-refractivity contribution < 1.29 is 27.5 Å². The average Bonchev–Trinajstić information content (AvgIpc) is 2.57. The first-order chi connectivity index (χ1) is 12.2. The molecule has 0 atom stereocenters. The lowest BCUT2D eigenvalue weighted by molar-refractivity contribution is -0.138. The van der Waals surface area contributed by atoms with Crippen molar-refractivity contribution >= 4 is 17.8 Å². The summed E-state index contributed by atoms with van der Waals surface area (Å²) in [4.78, 5) is 23.8. The topological polar surface area (TPSA) is 43.4 Å². The summed E-state index contributed by atoms with van der Waals surface area (Å²) in [6.07, 6.45) is -2.02. The number of hydrogen-bond donors (Lipinski definition) is 0. The first-order valence-electron chi connectivity index (χ1n) is 7.79. The summed E-state index contributed by atoms with van der Waals surface area (Å²) in [5.74, 6) is -1.07. The molecule has 26 heavy (non-hydrogen) atoms. The minimum absolute atomic E-state index is 0.321. The van der Waals surface area contributed by atoms with Crippen molar-refractivity contribution in [1.29, 1.82) is 0 Å². The molecule has 0 aromatic heterocycles. The number of benzene rings is 2. The second-order valence-corrected chi connectivity index (χ2v) is 5.80. The highest BCUT2D eigenvalue weighted by Gasteiger charge is 2.29. The van der Waals surface area contributed by atoms with E-state index in [0.717, 1.165) is 29.3 Å². The predicted octanol–water partition coefficient (Wildman–Crippen LogP) is 4.76. The number of halogens is 3. The Hall–Kier alpha value is -2.89. The van der Waals surface area contributed by atoms with Gasteiger partial charge in [0.2, 0.25) is 5.78 Å². The number of rotatable bonds is 5. The Morgan fingerprint density at radius 3 is 2.27 bits per heavy atom. The second kappa shape index (κ2) is 7.99. The van der Waals surface area contributed by atoms with E-state index in [0.29, 0.717) is 11.1 Å². The van der Waals surface area contributed by atoms with Crippen LogP contribution in [-0.4, -0.2) is 18.4 Å². The first-order valence-corrected chi connectivity index (χ1v) is 7.79. The van der Waals surface area contributed by atoms with E-state index in [2.05, 4.69) is 0 Å². The van der Waals surface area contributed by atoms with Crippen LogP contribution in [0.15, 0.2) is 48.5 Å². The van der Waals surface area contributed by atoms with Crippen LogP contribution in [0.4, 0.5) is 13.2 Å². The minimum Gasteiger partial charge on any atom is -0.454 e. The van der Waals surface area contributed by atoms with Gasteiger partial charge in [0.15, 0.2) is 6.61 Å². The van der Waals surface area contributed by atoms with Gasteiger partial charge in [0.25, 0.3) is 0 Å². The fraction of sp³-hybridized carbons (Fsp3) is 0.200. The van der Waals surface area contributed by atoms with E-state index in [9.17, 15) is 22.8 Å². The van der Waals surface area contributed by atoms with Crippen LogP contribution in [0.25, 0.3) is 6.08 Å². The highest BCUT2D eigenvalue weighted by Crippen LogP contribution is 2.29. The third-order valence-corrected chi connectivity index (χ3v) is 3.68. The molecule has 0 spiro atoms. The van der Waals surface area contributed by atoms with Gasteiger partial charge in [-0.2, -0.15) is 13.2 Å². The molecule has 0 radical (unpaired) electrons. The Labute approximate surface area is 149 Å². The molecule has 0 bridgehead atoms. The average molecular weight is 362 g/mol. The third-order valence-electron chi connectivity index (χ3n) is 3.68. The molecule has 136 valence electrons. The lowest BCUT2D eigenvalue weighted by atomic mass is 10.0. The van der Waals surface area contributed by atoms with Gasteiger partial charge >= 0.3 is 12.1 Å². The van der Waals surface area contributed by atoms with Gasteiger partial charge in [-0.15, -0.1) is 0 Å². The summed E-state index contributed by atoms with van der Waals surface area (Å²) in [6, 6.07) is 9.68. The van der Waals surface area contributed by atoms with E-state index in [1.807, 2.05) is 13.0 Å². The molecular formula is C20H17F3O3. The number of Topliss-reactive ketones (excluding diaryl/α,β-unsaturated/α-hetero) is 1. The quantitative estimate of drug-likeness (QED) is 0.437. The molecule has 0 heterocycles. The van der Waals surface area contributed by atoms with Crippen molar-refractivity contribution in [3.63, 3.8) is 0 Å². The summed E-state index contributed by atoms with van der Waals surface area (Å²) < 4.78 is 42.3.